The summed E-state index contributed by atoms with van der Waals surface area (Å²) < 4.78 is 5.50. The van der Waals surface area contributed by atoms with E-state index in [1.54, 1.807) is 35.6 Å². The molecule has 23 heavy (non-hydrogen) atoms. The van der Waals surface area contributed by atoms with Crippen molar-refractivity contribution in [3.63, 3.8) is 0 Å². The number of esters is 1. The lowest BCUT2D eigenvalue weighted by molar-refractivity contribution is -0.111. The first-order valence-electron chi connectivity index (χ1n) is 6.67. The van der Waals surface area contributed by atoms with Gasteiger partial charge in [0.1, 0.15) is 0 Å². The molecule has 1 N–H and O–H groups in total. The summed E-state index contributed by atoms with van der Waals surface area (Å²) in [5.74, 6) is -0.643. The minimum Gasteiger partial charge on any atom is -0.465 e. The number of nitrogens with zero attached hydrogens (tertiary/aromatic N) is 1. The van der Waals surface area contributed by atoms with Gasteiger partial charge >= 0.3 is 5.97 Å². The van der Waals surface area contributed by atoms with Gasteiger partial charge in [0.25, 0.3) is 0 Å². The lowest BCUT2D eigenvalue weighted by Gasteiger charge is -1.97. The highest BCUT2D eigenvalue weighted by atomic mass is 32.1. The van der Waals surface area contributed by atoms with Crippen molar-refractivity contribution in [1.82, 2.24) is 4.98 Å². The molecule has 0 unspecified atom stereocenters. The molecular weight excluding hydrogens is 332 g/mol. The van der Waals surface area contributed by atoms with Crippen LogP contribution in [0.15, 0.2) is 41.8 Å². The zero-order chi connectivity index (χ0) is 16.2. The van der Waals surface area contributed by atoms with Crippen molar-refractivity contribution >= 4 is 56.0 Å². The van der Waals surface area contributed by atoms with E-state index in [1.165, 1.54) is 24.5 Å². The third-order valence-electron chi connectivity index (χ3n) is 2.98. The van der Waals surface area contributed by atoms with E-state index in [1.807, 2.05) is 17.5 Å². The molecule has 2 aromatic heterocycles. The van der Waals surface area contributed by atoms with Gasteiger partial charge in [0.15, 0.2) is 5.13 Å². The lowest BCUT2D eigenvalue weighted by atomic mass is 10.2. The number of ether oxygens (including phenoxy) is 1. The second-order valence-electron chi connectivity index (χ2n) is 4.53. The molecule has 3 rings (SSSR count). The maximum absolute atomic E-state index is 11.9. The van der Waals surface area contributed by atoms with Crippen LogP contribution < -0.4 is 5.32 Å². The van der Waals surface area contributed by atoms with E-state index in [9.17, 15) is 9.59 Å². The van der Waals surface area contributed by atoms with E-state index in [0.717, 1.165) is 15.1 Å². The Morgan fingerprint density at radius 1 is 1.30 bits per heavy atom. The number of methoxy groups -OCH3 is 1. The van der Waals surface area contributed by atoms with Gasteiger partial charge in [0.2, 0.25) is 5.91 Å². The number of benzene rings is 1. The second kappa shape index (κ2) is 6.72. The molecule has 0 spiro atoms. The van der Waals surface area contributed by atoms with Gasteiger partial charge in [-0.05, 0) is 35.7 Å². The fourth-order valence-electron chi connectivity index (χ4n) is 1.91. The van der Waals surface area contributed by atoms with Crippen molar-refractivity contribution in [2.75, 3.05) is 12.4 Å². The third kappa shape index (κ3) is 3.64. The zero-order valence-electron chi connectivity index (χ0n) is 12.1. The fraction of sp³-hybridized carbons (Fsp3) is 0.0625. The van der Waals surface area contributed by atoms with Gasteiger partial charge in [-0.3, -0.25) is 10.1 Å². The summed E-state index contributed by atoms with van der Waals surface area (Å²) in [7, 11) is 1.34. The number of hydrogen-bond acceptors (Lipinski definition) is 6. The van der Waals surface area contributed by atoms with Gasteiger partial charge in [-0.2, -0.15) is 0 Å². The number of carbonyl (C=O) groups excluding carboxylic acids is 2. The van der Waals surface area contributed by atoms with Gasteiger partial charge < -0.3 is 4.74 Å². The van der Waals surface area contributed by atoms with Crippen LogP contribution in [0.1, 0.15) is 15.2 Å². The van der Waals surface area contributed by atoms with Gasteiger partial charge in [0, 0.05) is 11.0 Å². The molecule has 0 bridgehead atoms. The zero-order valence-corrected chi connectivity index (χ0v) is 13.7. The van der Waals surface area contributed by atoms with Crippen LogP contribution in [0.2, 0.25) is 0 Å². The summed E-state index contributed by atoms with van der Waals surface area (Å²) in [5, 5.41) is 5.16. The average Bonchev–Trinajstić information content (AvgIpc) is 3.20. The van der Waals surface area contributed by atoms with Crippen LogP contribution in [0.4, 0.5) is 5.13 Å². The highest BCUT2D eigenvalue weighted by Gasteiger charge is 2.10. The Labute approximate surface area is 140 Å². The molecule has 0 atom stereocenters. The first-order chi connectivity index (χ1) is 11.2. The van der Waals surface area contributed by atoms with Gasteiger partial charge in [-0.15, -0.1) is 11.3 Å². The number of aromatic nitrogens is 1. The maximum atomic E-state index is 11.9. The van der Waals surface area contributed by atoms with Crippen LogP contribution in [0.25, 0.3) is 16.3 Å². The molecule has 2 heterocycles. The molecule has 1 aromatic carbocycles. The van der Waals surface area contributed by atoms with E-state index >= 15 is 0 Å². The normalized spacial score (nSPS) is 11.0. The first kappa shape index (κ1) is 15.4. The first-order valence-corrected chi connectivity index (χ1v) is 8.37. The number of anilines is 1. The Hall–Kier alpha value is -2.51. The number of fused-ring (bicyclic) bond motifs is 1. The molecule has 1 amide bonds. The van der Waals surface area contributed by atoms with Crippen molar-refractivity contribution < 1.29 is 14.3 Å². The van der Waals surface area contributed by atoms with Gasteiger partial charge in [-0.25, -0.2) is 9.78 Å². The highest BCUT2D eigenvalue weighted by molar-refractivity contribution is 7.22. The molecule has 0 aliphatic carbocycles. The number of rotatable bonds is 4. The molecule has 0 aliphatic heterocycles. The Balaban J connectivity index is 1.75. The molecule has 0 aliphatic rings. The maximum Gasteiger partial charge on any atom is 0.337 e. The number of carbonyl (C=O) groups is 2. The molecule has 0 saturated carbocycles. The van der Waals surface area contributed by atoms with E-state index in [4.69, 9.17) is 4.74 Å². The lowest BCUT2D eigenvalue weighted by Crippen LogP contribution is -2.06. The summed E-state index contributed by atoms with van der Waals surface area (Å²) in [6.45, 7) is 0. The number of nitrogens with one attached hydrogen (secondary N) is 1. The van der Waals surface area contributed by atoms with Crippen LogP contribution in [0, 0.1) is 0 Å². The minimum atomic E-state index is -0.398. The van der Waals surface area contributed by atoms with Crippen LogP contribution in [0.3, 0.4) is 0 Å². The quantitative estimate of drug-likeness (QED) is 0.577. The average molecular weight is 344 g/mol. The van der Waals surface area contributed by atoms with Crippen molar-refractivity contribution in [2.45, 2.75) is 0 Å². The van der Waals surface area contributed by atoms with Crippen molar-refractivity contribution in [3.8, 4) is 0 Å². The predicted molar refractivity (Wildman–Crippen MR) is 92.9 cm³/mol. The van der Waals surface area contributed by atoms with Crippen LogP contribution in [0.5, 0.6) is 0 Å². The Bertz CT molecular complexity index is 882. The van der Waals surface area contributed by atoms with Crippen molar-refractivity contribution in [3.05, 3.63) is 52.2 Å². The Kier molecular flexibility index (Phi) is 4.50. The summed E-state index contributed by atoms with van der Waals surface area (Å²) >= 11 is 2.87. The second-order valence-corrected chi connectivity index (χ2v) is 6.54. The molecule has 7 heteroatoms. The summed E-state index contributed by atoms with van der Waals surface area (Å²) in [6.07, 6.45) is 3.22. The third-order valence-corrected chi connectivity index (χ3v) is 4.75. The summed E-state index contributed by atoms with van der Waals surface area (Å²) in [5.41, 5.74) is 1.18. The standard InChI is InChI=1S/C16H12N2O3S2/c1-21-15(20)10-4-6-12-13(9-10)23-16(17-12)18-14(19)7-5-11-3-2-8-22-11/h2-9H,1H3,(H,17,18,19)/b7-5+. The number of amides is 1. The predicted octanol–water partition coefficient (Wildman–Crippen LogP) is 3.80. The Morgan fingerprint density at radius 3 is 2.91 bits per heavy atom. The molecule has 116 valence electrons. The molecule has 0 radical (unpaired) electrons. The molecule has 3 aromatic rings. The van der Waals surface area contributed by atoms with Gasteiger partial charge in [-0.1, -0.05) is 17.4 Å². The number of thiophene rings is 1. The van der Waals surface area contributed by atoms with E-state index in [-0.39, 0.29) is 5.91 Å². The SMILES string of the molecule is COC(=O)c1ccc2nc(NC(=O)/C=C/c3cccs3)sc2c1. The molecule has 0 fully saturated rings. The van der Waals surface area contributed by atoms with Crippen LogP contribution in [-0.4, -0.2) is 24.0 Å². The highest BCUT2D eigenvalue weighted by Crippen LogP contribution is 2.27. The molecule has 5 nitrogen and oxygen atoms in total. The summed E-state index contributed by atoms with van der Waals surface area (Å²) in [4.78, 5) is 28.8. The van der Waals surface area contributed by atoms with Gasteiger partial charge in [0.05, 0.1) is 22.9 Å². The van der Waals surface area contributed by atoms with Crippen LogP contribution in [-0.2, 0) is 9.53 Å². The fourth-order valence-corrected chi connectivity index (χ4v) is 3.44. The smallest absolute Gasteiger partial charge is 0.337 e. The molecule has 0 saturated heterocycles. The number of thiazole rings is 1. The molecular formula is C16H12N2O3S2. The topological polar surface area (TPSA) is 68.3 Å². The summed E-state index contributed by atoms with van der Waals surface area (Å²) in [6, 6.07) is 8.94. The monoisotopic (exact) mass is 344 g/mol. The minimum absolute atomic E-state index is 0.245. The van der Waals surface area contributed by atoms with E-state index in [0.29, 0.717) is 10.7 Å². The van der Waals surface area contributed by atoms with E-state index in [2.05, 4.69) is 10.3 Å². The Morgan fingerprint density at radius 2 is 2.17 bits per heavy atom. The van der Waals surface area contributed by atoms with Crippen molar-refractivity contribution in [2.24, 2.45) is 0 Å². The number of hydrogen-bond donors (Lipinski definition) is 1. The van der Waals surface area contributed by atoms with Crippen molar-refractivity contribution in [1.29, 1.82) is 0 Å². The van der Waals surface area contributed by atoms with E-state index < -0.39 is 5.97 Å². The largest absolute Gasteiger partial charge is 0.465 e. The van der Waals surface area contributed by atoms with Crippen LogP contribution >= 0.6 is 22.7 Å².